The first-order valence-corrected chi connectivity index (χ1v) is 5.78. The SMILES string of the molecule is Nc1ccc(C(=O)/C=C/c2ccc(Br)o2)cc1. The summed E-state index contributed by atoms with van der Waals surface area (Å²) >= 11 is 3.19. The van der Waals surface area contributed by atoms with Crippen molar-refractivity contribution < 1.29 is 9.21 Å². The molecule has 0 saturated carbocycles. The Balaban J connectivity index is 2.11. The van der Waals surface area contributed by atoms with Gasteiger partial charge in [-0.15, -0.1) is 0 Å². The second-order valence-corrected chi connectivity index (χ2v) is 4.24. The van der Waals surface area contributed by atoms with Gasteiger partial charge < -0.3 is 10.2 Å². The lowest BCUT2D eigenvalue weighted by atomic mass is 10.1. The monoisotopic (exact) mass is 291 g/mol. The number of halogens is 1. The molecule has 2 aromatic rings. The van der Waals surface area contributed by atoms with Crippen molar-refractivity contribution in [2.75, 3.05) is 5.73 Å². The smallest absolute Gasteiger partial charge is 0.185 e. The van der Waals surface area contributed by atoms with Gasteiger partial charge in [-0.1, -0.05) is 0 Å². The van der Waals surface area contributed by atoms with Crippen LogP contribution < -0.4 is 5.73 Å². The second kappa shape index (κ2) is 5.01. The van der Waals surface area contributed by atoms with Gasteiger partial charge >= 0.3 is 0 Å². The molecule has 2 N–H and O–H groups in total. The molecular formula is C13H10BrNO2. The Morgan fingerprint density at radius 1 is 1.18 bits per heavy atom. The summed E-state index contributed by atoms with van der Waals surface area (Å²) in [5, 5.41) is 0. The number of allylic oxidation sites excluding steroid dienone is 1. The van der Waals surface area contributed by atoms with Crippen molar-refractivity contribution in [3.05, 3.63) is 58.5 Å². The largest absolute Gasteiger partial charge is 0.450 e. The summed E-state index contributed by atoms with van der Waals surface area (Å²) in [5.74, 6) is 0.540. The fourth-order valence-corrected chi connectivity index (χ4v) is 1.64. The van der Waals surface area contributed by atoms with E-state index < -0.39 is 0 Å². The standard InChI is InChI=1S/C13H10BrNO2/c14-13-8-6-11(17-13)5-7-12(16)9-1-3-10(15)4-2-9/h1-8H,15H2/b7-5+. The second-order valence-electron chi connectivity index (χ2n) is 3.46. The number of benzene rings is 1. The predicted octanol–water partition coefficient (Wildman–Crippen LogP) is 3.52. The Morgan fingerprint density at radius 2 is 1.88 bits per heavy atom. The average molecular weight is 292 g/mol. The Labute approximate surface area is 107 Å². The molecule has 1 aromatic heterocycles. The van der Waals surface area contributed by atoms with Crippen LogP contribution in [0.1, 0.15) is 16.1 Å². The number of hydrogen-bond donors (Lipinski definition) is 1. The van der Waals surface area contributed by atoms with Crippen molar-refractivity contribution in [2.45, 2.75) is 0 Å². The first-order valence-electron chi connectivity index (χ1n) is 4.98. The maximum absolute atomic E-state index is 11.8. The highest BCUT2D eigenvalue weighted by molar-refractivity contribution is 9.10. The zero-order chi connectivity index (χ0) is 12.3. The van der Waals surface area contributed by atoms with Gasteiger partial charge in [0.1, 0.15) is 5.76 Å². The number of ketones is 1. The summed E-state index contributed by atoms with van der Waals surface area (Å²) in [6.07, 6.45) is 3.10. The maximum atomic E-state index is 11.8. The Bertz CT molecular complexity index is 555. The summed E-state index contributed by atoms with van der Waals surface area (Å²) in [7, 11) is 0. The number of nitrogen functional groups attached to an aromatic ring is 1. The Morgan fingerprint density at radius 3 is 2.47 bits per heavy atom. The van der Waals surface area contributed by atoms with E-state index in [0.29, 0.717) is 21.7 Å². The third-order valence-corrected chi connectivity index (χ3v) is 2.61. The van der Waals surface area contributed by atoms with E-state index in [9.17, 15) is 4.79 Å². The molecule has 86 valence electrons. The van der Waals surface area contributed by atoms with Gasteiger partial charge in [-0.25, -0.2) is 0 Å². The summed E-state index contributed by atoms with van der Waals surface area (Å²) in [6, 6.07) is 10.3. The Kier molecular flexibility index (Phi) is 3.44. The van der Waals surface area contributed by atoms with Gasteiger partial charge in [0.2, 0.25) is 0 Å². The Hall–Kier alpha value is -1.81. The summed E-state index contributed by atoms with van der Waals surface area (Å²) < 4.78 is 5.88. The maximum Gasteiger partial charge on any atom is 0.185 e. The van der Waals surface area contributed by atoms with E-state index in [-0.39, 0.29) is 5.78 Å². The molecule has 0 aliphatic carbocycles. The van der Waals surface area contributed by atoms with Gasteiger partial charge in [0.05, 0.1) is 0 Å². The van der Waals surface area contributed by atoms with Crippen LogP contribution in [0.3, 0.4) is 0 Å². The van der Waals surface area contributed by atoms with E-state index in [1.807, 2.05) is 0 Å². The lowest BCUT2D eigenvalue weighted by Crippen LogP contribution is -1.94. The van der Waals surface area contributed by atoms with Crippen molar-refractivity contribution in [1.82, 2.24) is 0 Å². The van der Waals surface area contributed by atoms with Crippen LogP contribution in [0.4, 0.5) is 5.69 Å². The van der Waals surface area contributed by atoms with Crippen LogP contribution in [-0.2, 0) is 0 Å². The molecule has 0 saturated heterocycles. The minimum atomic E-state index is -0.0856. The molecule has 1 heterocycles. The number of carbonyl (C=O) groups is 1. The molecule has 0 atom stereocenters. The summed E-state index contributed by atoms with van der Waals surface area (Å²) in [5.41, 5.74) is 6.78. The molecule has 0 aliphatic rings. The van der Waals surface area contributed by atoms with Crippen LogP contribution in [0.5, 0.6) is 0 Å². The van der Waals surface area contributed by atoms with Crippen molar-refractivity contribution in [3.63, 3.8) is 0 Å². The van der Waals surface area contributed by atoms with Crippen LogP contribution in [0, 0.1) is 0 Å². The van der Waals surface area contributed by atoms with E-state index in [4.69, 9.17) is 10.2 Å². The van der Waals surface area contributed by atoms with Crippen LogP contribution in [0.25, 0.3) is 6.08 Å². The van der Waals surface area contributed by atoms with Crippen LogP contribution in [-0.4, -0.2) is 5.78 Å². The third kappa shape index (κ3) is 3.07. The highest BCUT2D eigenvalue weighted by atomic mass is 79.9. The number of furan rings is 1. The van der Waals surface area contributed by atoms with E-state index >= 15 is 0 Å². The molecule has 17 heavy (non-hydrogen) atoms. The first-order chi connectivity index (χ1) is 8.15. The molecule has 0 fully saturated rings. The van der Waals surface area contributed by atoms with Crippen LogP contribution >= 0.6 is 15.9 Å². The quantitative estimate of drug-likeness (QED) is 0.535. The first kappa shape index (κ1) is 11.7. The molecule has 1 aromatic carbocycles. The molecule has 0 unspecified atom stereocenters. The van der Waals surface area contributed by atoms with Gasteiger partial charge in [0.25, 0.3) is 0 Å². The molecule has 2 rings (SSSR count). The van der Waals surface area contributed by atoms with E-state index in [1.54, 1.807) is 42.5 Å². The van der Waals surface area contributed by atoms with Gasteiger partial charge in [-0.05, 0) is 64.5 Å². The lowest BCUT2D eigenvalue weighted by Gasteiger charge is -1.96. The molecule has 3 nitrogen and oxygen atoms in total. The fraction of sp³-hybridized carbons (Fsp3) is 0. The number of carbonyl (C=O) groups excluding carboxylic acids is 1. The van der Waals surface area contributed by atoms with Crippen molar-refractivity contribution >= 4 is 33.5 Å². The minimum absolute atomic E-state index is 0.0856. The predicted molar refractivity (Wildman–Crippen MR) is 70.6 cm³/mol. The molecule has 0 aliphatic heterocycles. The average Bonchev–Trinajstić information content (AvgIpc) is 2.73. The number of rotatable bonds is 3. The summed E-state index contributed by atoms with van der Waals surface area (Å²) in [6.45, 7) is 0. The zero-order valence-corrected chi connectivity index (χ0v) is 10.5. The zero-order valence-electron chi connectivity index (χ0n) is 8.89. The number of hydrogen-bond acceptors (Lipinski definition) is 3. The van der Waals surface area contributed by atoms with Gasteiger partial charge in [-0.2, -0.15) is 0 Å². The van der Waals surface area contributed by atoms with E-state index in [0.717, 1.165) is 0 Å². The minimum Gasteiger partial charge on any atom is -0.450 e. The lowest BCUT2D eigenvalue weighted by molar-refractivity contribution is 0.104. The van der Waals surface area contributed by atoms with Gasteiger partial charge in [0, 0.05) is 11.3 Å². The normalized spacial score (nSPS) is 10.9. The van der Waals surface area contributed by atoms with Crippen molar-refractivity contribution in [1.29, 1.82) is 0 Å². The molecule has 0 amide bonds. The summed E-state index contributed by atoms with van der Waals surface area (Å²) in [4.78, 5) is 11.8. The fourth-order valence-electron chi connectivity index (χ4n) is 1.32. The van der Waals surface area contributed by atoms with Crippen molar-refractivity contribution in [2.24, 2.45) is 0 Å². The molecule has 0 bridgehead atoms. The number of anilines is 1. The topological polar surface area (TPSA) is 56.2 Å². The van der Waals surface area contributed by atoms with Gasteiger partial charge in [-0.3, -0.25) is 4.79 Å². The van der Waals surface area contributed by atoms with E-state index in [1.165, 1.54) is 6.08 Å². The molecule has 0 radical (unpaired) electrons. The van der Waals surface area contributed by atoms with Crippen LogP contribution in [0.2, 0.25) is 0 Å². The molecule has 0 spiro atoms. The third-order valence-electron chi connectivity index (χ3n) is 2.19. The highest BCUT2D eigenvalue weighted by Crippen LogP contribution is 2.15. The van der Waals surface area contributed by atoms with Crippen molar-refractivity contribution in [3.8, 4) is 0 Å². The van der Waals surface area contributed by atoms with Gasteiger partial charge in [0.15, 0.2) is 10.5 Å². The van der Waals surface area contributed by atoms with Crippen LogP contribution in [0.15, 0.2) is 51.6 Å². The number of nitrogens with two attached hydrogens (primary N) is 1. The highest BCUT2D eigenvalue weighted by Gasteiger charge is 2.01. The molecule has 4 heteroatoms. The molecular weight excluding hydrogens is 282 g/mol. The van der Waals surface area contributed by atoms with E-state index in [2.05, 4.69) is 15.9 Å².